The van der Waals surface area contributed by atoms with Crippen LogP contribution in [0.2, 0.25) is 0 Å². The minimum atomic E-state index is -4.52. The highest BCUT2D eigenvalue weighted by Gasteiger charge is 2.33. The number of anilines is 1. The zero-order valence-corrected chi connectivity index (χ0v) is 22.1. The number of benzene rings is 2. The second kappa shape index (κ2) is 10.6. The molecule has 36 heavy (non-hydrogen) atoms. The van der Waals surface area contributed by atoms with E-state index in [2.05, 4.69) is 25.8 Å². The van der Waals surface area contributed by atoms with E-state index in [9.17, 15) is 18.0 Å². The summed E-state index contributed by atoms with van der Waals surface area (Å²) in [6.45, 7) is 3.62. The van der Waals surface area contributed by atoms with Crippen LogP contribution in [-0.2, 0) is 12.6 Å². The van der Waals surface area contributed by atoms with Gasteiger partial charge in [0.1, 0.15) is 5.01 Å². The summed E-state index contributed by atoms with van der Waals surface area (Å²) in [6.07, 6.45) is -0.241. The lowest BCUT2D eigenvalue weighted by Crippen LogP contribution is -2.44. The Morgan fingerprint density at radius 2 is 1.72 bits per heavy atom. The fraction of sp³-hybridized carbons (Fsp3) is 0.407. The quantitative estimate of drug-likeness (QED) is 0.293. The maximum Gasteiger partial charge on any atom is 0.416 e. The van der Waals surface area contributed by atoms with Gasteiger partial charge in [-0.3, -0.25) is 4.79 Å². The van der Waals surface area contributed by atoms with Gasteiger partial charge in [-0.2, -0.15) is 13.2 Å². The fourth-order valence-corrected chi connectivity index (χ4v) is 6.17. The average molecular weight is 578 g/mol. The van der Waals surface area contributed by atoms with Gasteiger partial charge < -0.3 is 9.80 Å². The van der Waals surface area contributed by atoms with E-state index in [1.165, 1.54) is 30.2 Å². The number of ketones is 1. The number of halogens is 4. The number of piperidine rings is 1. The Balaban J connectivity index is 1.33. The lowest BCUT2D eigenvalue weighted by molar-refractivity contribution is -0.137. The monoisotopic (exact) mass is 577 g/mol. The first-order valence-electron chi connectivity index (χ1n) is 12.2. The first-order valence-corrected chi connectivity index (χ1v) is 13.9. The van der Waals surface area contributed by atoms with Crippen LogP contribution in [0.5, 0.6) is 0 Å². The van der Waals surface area contributed by atoms with Crippen molar-refractivity contribution in [1.29, 1.82) is 0 Å². The van der Waals surface area contributed by atoms with E-state index >= 15 is 0 Å². The first kappa shape index (κ1) is 25.4. The molecule has 2 aromatic carbocycles. The van der Waals surface area contributed by atoms with Gasteiger partial charge in [0, 0.05) is 45.8 Å². The number of rotatable bonds is 6. The van der Waals surface area contributed by atoms with Crippen molar-refractivity contribution >= 4 is 38.7 Å². The van der Waals surface area contributed by atoms with Crippen molar-refractivity contribution in [1.82, 2.24) is 9.88 Å². The van der Waals surface area contributed by atoms with Gasteiger partial charge in [-0.05, 0) is 69.1 Å². The summed E-state index contributed by atoms with van der Waals surface area (Å²) in [5.41, 5.74) is 1.46. The molecular formula is C27H27BrF3N3OS. The zero-order valence-electron chi connectivity index (χ0n) is 19.7. The maximum absolute atomic E-state index is 13.7. The highest BCUT2D eigenvalue weighted by Crippen LogP contribution is 2.35. The smallest absolute Gasteiger partial charge is 0.371 e. The number of carbonyl (C=O) groups is 1. The molecular weight excluding hydrogens is 551 g/mol. The third-order valence-corrected chi connectivity index (χ3v) is 8.43. The number of hydrogen-bond donors (Lipinski definition) is 0. The molecule has 2 aliphatic rings. The van der Waals surface area contributed by atoms with Gasteiger partial charge in [0.25, 0.3) is 0 Å². The van der Waals surface area contributed by atoms with E-state index in [1.807, 2.05) is 34.5 Å². The molecule has 5 rings (SSSR count). The second-order valence-electron chi connectivity index (χ2n) is 9.46. The van der Waals surface area contributed by atoms with Crippen molar-refractivity contribution in [2.45, 2.75) is 44.3 Å². The molecule has 0 N–H and O–H groups in total. The number of alkyl halides is 3. The number of carbonyl (C=O) groups excluding carboxylic acids is 1. The normalized spacial score (nSPS) is 17.6. The van der Waals surface area contributed by atoms with Crippen molar-refractivity contribution in [2.75, 3.05) is 31.1 Å². The van der Waals surface area contributed by atoms with E-state index < -0.39 is 11.7 Å². The molecule has 2 saturated heterocycles. The van der Waals surface area contributed by atoms with E-state index in [0.29, 0.717) is 29.8 Å². The molecule has 2 fully saturated rings. The number of likely N-dealkylation sites (tertiary alicyclic amines) is 1. The number of hydrogen-bond acceptors (Lipinski definition) is 5. The van der Waals surface area contributed by atoms with Gasteiger partial charge in [-0.1, -0.05) is 28.1 Å². The Hall–Kier alpha value is -2.23. The Kier molecular flexibility index (Phi) is 7.51. The number of aromatic nitrogens is 1. The summed E-state index contributed by atoms with van der Waals surface area (Å²) >= 11 is 4.75. The van der Waals surface area contributed by atoms with Crippen LogP contribution in [0.25, 0.3) is 11.3 Å². The van der Waals surface area contributed by atoms with Crippen molar-refractivity contribution in [2.24, 2.45) is 0 Å². The van der Waals surface area contributed by atoms with Crippen molar-refractivity contribution < 1.29 is 18.0 Å². The van der Waals surface area contributed by atoms with Crippen LogP contribution in [0.3, 0.4) is 0 Å². The highest BCUT2D eigenvalue weighted by molar-refractivity contribution is 9.10. The summed E-state index contributed by atoms with van der Waals surface area (Å²) in [4.78, 5) is 22.2. The summed E-state index contributed by atoms with van der Waals surface area (Å²) in [5.74, 6) is -0.356. The number of thiazole rings is 1. The Labute approximate surface area is 221 Å². The Morgan fingerprint density at radius 3 is 2.39 bits per heavy atom. The second-order valence-corrected chi connectivity index (χ2v) is 11.3. The van der Waals surface area contributed by atoms with Crippen LogP contribution >= 0.6 is 27.3 Å². The Bertz CT molecular complexity index is 1210. The number of Topliss-reactive ketones (excluding diaryl/α,β-unsaturated/α-hetero) is 1. The average Bonchev–Trinajstić information content (AvgIpc) is 3.57. The van der Waals surface area contributed by atoms with Crippen LogP contribution in [0, 0.1) is 0 Å². The topological polar surface area (TPSA) is 36.4 Å². The lowest BCUT2D eigenvalue weighted by atomic mass is 9.99. The predicted molar refractivity (Wildman–Crippen MR) is 141 cm³/mol. The molecule has 9 heteroatoms. The van der Waals surface area contributed by atoms with Gasteiger partial charge in [0.2, 0.25) is 0 Å². The molecule has 0 radical (unpaired) electrons. The molecule has 0 unspecified atom stereocenters. The molecule has 0 amide bonds. The fourth-order valence-electron chi connectivity index (χ4n) is 5.10. The molecule has 0 saturated carbocycles. The van der Waals surface area contributed by atoms with E-state index in [4.69, 9.17) is 0 Å². The first-order chi connectivity index (χ1) is 17.3. The molecule has 0 bridgehead atoms. The van der Waals surface area contributed by atoms with E-state index in [0.717, 1.165) is 47.7 Å². The van der Waals surface area contributed by atoms with Crippen LogP contribution in [0.1, 0.15) is 46.6 Å². The van der Waals surface area contributed by atoms with Gasteiger partial charge in [-0.25, -0.2) is 4.98 Å². The SMILES string of the molecule is O=C(Cc1nc(-c2ccc(Br)cc2)cs1)c1cc(N2CCC(N3CCCC3)CC2)cc(C(F)(F)F)c1. The summed E-state index contributed by atoms with van der Waals surface area (Å²) < 4.78 is 42.2. The summed E-state index contributed by atoms with van der Waals surface area (Å²) in [7, 11) is 0. The maximum atomic E-state index is 13.7. The molecule has 0 spiro atoms. The molecule has 4 nitrogen and oxygen atoms in total. The van der Waals surface area contributed by atoms with E-state index in [1.54, 1.807) is 6.07 Å². The predicted octanol–water partition coefficient (Wildman–Crippen LogP) is 7.08. The summed E-state index contributed by atoms with van der Waals surface area (Å²) in [5, 5.41) is 2.46. The molecule has 3 heterocycles. The lowest BCUT2D eigenvalue weighted by Gasteiger charge is -2.38. The van der Waals surface area contributed by atoms with Crippen LogP contribution in [-0.4, -0.2) is 47.9 Å². The molecule has 0 aliphatic carbocycles. The van der Waals surface area contributed by atoms with Gasteiger partial charge >= 0.3 is 6.18 Å². The van der Waals surface area contributed by atoms with Crippen molar-refractivity contribution in [3.63, 3.8) is 0 Å². The third-order valence-electron chi connectivity index (χ3n) is 7.06. The largest absolute Gasteiger partial charge is 0.416 e. The minimum absolute atomic E-state index is 0.0288. The molecule has 2 aliphatic heterocycles. The minimum Gasteiger partial charge on any atom is -0.371 e. The molecule has 1 aromatic heterocycles. The van der Waals surface area contributed by atoms with Gasteiger partial charge in [0.15, 0.2) is 5.78 Å². The Morgan fingerprint density at radius 1 is 1.03 bits per heavy atom. The standard InChI is InChI=1S/C27H27BrF3N3OS/c28-21-5-3-18(4-6-21)24-17-36-26(32-24)16-25(35)19-13-20(27(29,30)31)15-23(14-19)34-11-7-22(8-12-34)33-9-1-2-10-33/h3-6,13-15,17,22H,1-2,7-12,16H2. The van der Waals surface area contributed by atoms with Crippen LogP contribution < -0.4 is 4.90 Å². The number of nitrogens with zero attached hydrogens (tertiary/aromatic N) is 3. The third kappa shape index (κ3) is 5.84. The van der Waals surface area contributed by atoms with Gasteiger partial charge in [0.05, 0.1) is 17.7 Å². The van der Waals surface area contributed by atoms with Crippen LogP contribution in [0.15, 0.2) is 52.3 Å². The molecule has 0 atom stereocenters. The zero-order chi connectivity index (χ0) is 25.3. The van der Waals surface area contributed by atoms with Crippen molar-refractivity contribution in [3.05, 3.63) is 68.5 Å². The van der Waals surface area contributed by atoms with E-state index in [-0.39, 0.29) is 17.8 Å². The molecule has 3 aromatic rings. The van der Waals surface area contributed by atoms with Crippen LogP contribution in [0.4, 0.5) is 18.9 Å². The highest BCUT2D eigenvalue weighted by atomic mass is 79.9. The van der Waals surface area contributed by atoms with Crippen molar-refractivity contribution in [3.8, 4) is 11.3 Å². The summed E-state index contributed by atoms with van der Waals surface area (Å²) in [6, 6.07) is 12.0. The molecule has 190 valence electrons. The van der Waals surface area contributed by atoms with Gasteiger partial charge in [-0.15, -0.1) is 11.3 Å².